The lowest BCUT2D eigenvalue weighted by Gasteiger charge is -2.55. The first-order valence-corrected chi connectivity index (χ1v) is 13.5. The van der Waals surface area contributed by atoms with Crippen LogP contribution in [0.1, 0.15) is 30.2 Å². The van der Waals surface area contributed by atoms with Crippen LogP contribution in [0.3, 0.4) is 0 Å². The summed E-state index contributed by atoms with van der Waals surface area (Å²) >= 11 is 1.09. The zero-order chi connectivity index (χ0) is 28.7. The molecular weight excluding hydrogens is 556 g/mol. The van der Waals surface area contributed by atoms with Crippen LogP contribution in [0.5, 0.6) is 0 Å². The van der Waals surface area contributed by atoms with E-state index in [0.717, 1.165) is 23.6 Å². The number of nitro benzene ring substituents is 2. The van der Waals surface area contributed by atoms with E-state index in [2.05, 4.69) is 4.99 Å². The van der Waals surface area contributed by atoms with Crippen molar-refractivity contribution < 1.29 is 37.1 Å². The van der Waals surface area contributed by atoms with Crippen molar-refractivity contribution in [1.29, 1.82) is 0 Å². The summed E-state index contributed by atoms with van der Waals surface area (Å²) in [5, 5.41) is 19.4. The summed E-state index contributed by atoms with van der Waals surface area (Å²) in [6.07, 6.45) is 1.33. The molecule has 2 heterocycles. The molecular formula is C23H20N4O10S2. The first kappa shape index (κ1) is 27.9. The quantitative estimate of drug-likeness (QED) is 0.121. The van der Waals surface area contributed by atoms with Gasteiger partial charge in [-0.1, -0.05) is 12.1 Å². The number of rotatable bonds is 8. The van der Waals surface area contributed by atoms with Crippen LogP contribution in [0.4, 0.5) is 11.4 Å². The van der Waals surface area contributed by atoms with Gasteiger partial charge in [-0.15, -0.1) is 11.8 Å². The van der Waals surface area contributed by atoms with Crippen molar-refractivity contribution in [2.45, 2.75) is 30.0 Å². The third-order valence-electron chi connectivity index (χ3n) is 6.11. The number of amides is 1. The van der Waals surface area contributed by atoms with Crippen LogP contribution in [0.25, 0.3) is 0 Å². The van der Waals surface area contributed by atoms with Crippen molar-refractivity contribution in [3.8, 4) is 0 Å². The van der Waals surface area contributed by atoms with Crippen LogP contribution in [0.2, 0.25) is 0 Å². The Bertz CT molecular complexity index is 1540. The van der Waals surface area contributed by atoms with E-state index in [1.807, 2.05) is 0 Å². The molecule has 16 heteroatoms. The lowest BCUT2D eigenvalue weighted by molar-refractivity contribution is -0.385. The van der Waals surface area contributed by atoms with Gasteiger partial charge in [0.1, 0.15) is 12.0 Å². The Hall–Kier alpha value is -4.15. The average Bonchev–Trinajstić information content (AvgIpc) is 2.89. The Morgan fingerprint density at radius 1 is 1.13 bits per heavy atom. The number of nitro groups is 2. The van der Waals surface area contributed by atoms with Crippen LogP contribution < -0.4 is 0 Å². The van der Waals surface area contributed by atoms with Gasteiger partial charge in [-0.05, 0) is 30.2 Å². The molecule has 1 amide bonds. The van der Waals surface area contributed by atoms with Crippen LogP contribution in [0, 0.1) is 20.2 Å². The van der Waals surface area contributed by atoms with E-state index < -0.39 is 59.6 Å². The van der Waals surface area contributed by atoms with E-state index in [4.69, 9.17) is 4.74 Å². The molecule has 0 spiro atoms. The molecule has 2 aromatic carbocycles. The smallest absolute Gasteiger partial charge is 0.310 e. The Balaban J connectivity index is 1.78. The van der Waals surface area contributed by atoms with Crippen molar-refractivity contribution in [3.63, 3.8) is 0 Å². The molecule has 2 aliphatic heterocycles. The summed E-state index contributed by atoms with van der Waals surface area (Å²) in [5.41, 5.74) is -1.11. The fourth-order valence-electron chi connectivity index (χ4n) is 4.18. The third kappa shape index (κ3) is 5.25. The molecule has 204 valence electrons. The lowest BCUT2D eigenvalue weighted by atomic mass is 9.90. The normalized spacial score (nSPS) is 22.8. The summed E-state index contributed by atoms with van der Waals surface area (Å²) in [6.45, 7) is 2.00. The molecule has 2 aromatic rings. The van der Waals surface area contributed by atoms with E-state index in [9.17, 15) is 42.8 Å². The van der Waals surface area contributed by atoms with Gasteiger partial charge in [0, 0.05) is 43.0 Å². The minimum absolute atomic E-state index is 0.0995. The first-order chi connectivity index (χ1) is 18.2. The summed E-state index contributed by atoms with van der Waals surface area (Å²) in [6, 6.07) is 10.6. The molecule has 3 atom stereocenters. The van der Waals surface area contributed by atoms with Gasteiger partial charge in [0.25, 0.3) is 17.3 Å². The number of nitrogens with zero attached hydrogens (tertiary/aromatic N) is 4. The van der Waals surface area contributed by atoms with Crippen molar-refractivity contribution in [1.82, 2.24) is 4.90 Å². The second-order valence-corrected chi connectivity index (χ2v) is 11.3. The van der Waals surface area contributed by atoms with Gasteiger partial charge in [0.2, 0.25) is 0 Å². The lowest BCUT2D eigenvalue weighted by Crippen LogP contribution is -2.71. The number of aliphatic imine (C=N–C) groups is 1. The Labute approximate surface area is 225 Å². The first-order valence-electron chi connectivity index (χ1n) is 11.1. The topological polar surface area (TPSA) is 200 Å². The number of hydrogen-bond acceptors (Lipinski definition) is 11. The highest BCUT2D eigenvalue weighted by atomic mass is 32.2. The van der Waals surface area contributed by atoms with Gasteiger partial charge in [0.15, 0.2) is 10.6 Å². The molecule has 0 saturated carbocycles. The highest BCUT2D eigenvalue weighted by Gasteiger charge is 2.64. The average molecular weight is 577 g/mol. The number of carbonyl (C=O) groups excluding carboxylic acids is 2. The number of carbonyl (C=O) groups is 2. The van der Waals surface area contributed by atoms with Crippen molar-refractivity contribution in [2.75, 3.05) is 6.61 Å². The van der Waals surface area contributed by atoms with Crippen LogP contribution in [0.15, 0.2) is 64.1 Å². The van der Waals surface area contributed by atoms with Gasteiger partial charge < -0.3 is 4.74 Å². The van der Waals surface area contributed by atoms with Gasteiger partial charge in [0.05, 0.1) is 15.1 Å². The molecule has 1 saturated heterocycles. The Kier molecular flexibility index (Phi) is 7.29. The van der Waals surface area contributed by atoms with Crippen LogP contribution >= 0.6 is 11.8 Å². The summed E-state index contributed by atoms with van der Waals surface area (Å²) in [5.74, 6) is -1.49. The highest BCUT2D eigenvalue weighted by Crippen LogP contribution is 2.56. The van der Waals surface area contributed by atoms with E-state index in [-0.39, 0.29) is 16.9 Å². The molecule has 2 aliphatic rings. The SMILES string of the molecule is CC(=O)OCC1=C(S(=O)(=O)O)N2C(=O)[C@@](C)(N=Cc3ccc([N+](=O)[O-])cc3)[C@H]2SC1c1ccc([N+](=O)[O-])cc1. The highest BCUT2D eigenvalue weighted by molar-refractivity contribution is 8.00. The molecule has 1 N–H and O–H groups in total. The molecule has 4 rings (SSSR count). The fraction of sp³-hybridized carbons (Fsp3) is 0.261. The second kappa shape index (κ2) is 10.2. The van der Waals surface area contributed by atoms with Crippen molar-refractivity contribution >= 4 is 51.3 Å². The Morgan fingerprint density at radius 3 is 2.15 bits per heavy atom. The number of non-ortho nitro benzene ring substituents is 2. The maximum atomic E-state index is 13.3. The van der Waals surface area contributed by atoms with Crippen molar-refractivity contribution in [3.05, 3.63) is 90.5 Å². The number of hydrogen-bond donors (Lipinski definition) is 1. The molecule has 39 heavy (non-hydrogen) atoms. The summed E-state index contributed by atoms with van der Waals surface area (Å²) in [7, 11) is -5.02. The number of β-lactam (4-membered cyclic amide) rings is 1. The van der Waals surface area contributed by atoms with Gasteiger partial charge in [-0.2, -0.15) is 8.42 Å². The van der Waals surface area contributed by atoms with Gasteiger partial charge in [-0.25, -0.2) is 0 Å². The molecule has 14 nitrogen and oxygen atoms in total. The minimum Gasteiger partial charge on any atom is -0.461 e. The molecule has 0 aromatic heterocycles. The monoisotopic (exact) mass is 576 g/mol. The second-order valence-electron chi connectivity index (χ2n) is 8.73. The summed E-state index contributed by atoms with van der Waals surface area (Å²) < 4.78 is 40.3. The molecule has 0 aliphatic carbocycles. The predicted octanol–water partition coefficient (Wildman–Crippen LogP) is 3.00. The largest absolute Gasteiger partial charge is 0.461 e. The third-order valence-corrected chi connectivity index (χ3v) is 8.81. The predicted molar refractivity (Wildman–Crippen MR) is 138 cm³/mol. The van der Waals surface area contributed by atoms with E-state index in [1.165, 1.54) is 61.7 Å². The van der Waals surface area contributed by atoms with Gasteiger partial charge in [-0.3, -0.25) is 44.3 Å². The standard InChI is InChI=1S/C23H20N4O10S2/c1-13(28)37-12-18-19(15-5-9-17(10-6-15)27(32)33)38-22-23(2,21(29)25(22)20(18)39(34,35)36)24-11-14-3-7-16(8-4-14)26(30)31/h3-11,19,22H,12H2,1-2H3,(H,34,35,36)/t19?,22-,23-/m1/s1. The molecule has 1 fully saturated rings. The van der Waals surface area contributed by atoms with E-state index in [1.54, 1.807) is 0 Å². The molecule has 1 unspecified atom stereocenters. The number of ether oxygens (including phenoxy) is 1. The zero-order valence-corrected chi connectivity index (χ0v) is 21.9. The van der Waals surface area contributed by atoms with Crippen molar-refractivity contribution in [2.24, 2.45) is 4.99 Å². The summed E-state index contributed by atoms with van der Waals surface area (Å²) in [4.78, 5) is 50.9. The minimum atomic E-state index is -5.02. The Morgan fingerprint density at radius 2 is 1.67 bits per heavy atom. The molecule has 0 bridgehead atoms. The maximum Gasteiger partial charge on any atom is 0.310 e. The molecule has 0 radical (unpaired) electrons. The number of thioether (sulfide) groups is 1. The van der Waals surface area contributed by atoms with Crippen LogP contribution in [-0.2, 0) is 24.4 Å². The number of esters is 1. The number of benzene rings is 2. The fourth-order valence-corrected chi connectivity index (χ4v) is 6.93. The zero-order valence-electron chi connectivity index (χ0n) is 20.3. The number of fused-ring (bicyclic) bond motifs is 1. The van der Waals surface area contributed by atoms with Crippen LogP contribution in [-0.4, -0.2) is 63.3 Å². The maximum absolute atomic E-state index is 13.3. The van der Waals surface area contributed by atoms with E-state index in [0.29, 0.717) is 11.1 Å². The van der Waals surface area contributed by atoms with Gasteiger partial charge >= 0.3 is 16.1 Å². The van der Waals surface area contributed by atoms with E-state index >= 15 is 0 Å².